The van der Waals surface area contributed by atoms with Crippen LogP contribution in [0.5, 0.6) is 0 Å². The van der Waals surface area contributed by atoms with Gasteiger partial charge in [0.05, 0.1) is 5.25 Å². The van der Waals surface area contributed by atoms with Crippen molar-refractivity contribution in [2.45, 2.75) is 57.1 Å². The van der Waals surface area contributed by atoms with Crippen LogP contribution in [0, 0.1) is 0 Å². The van der Waals surface area contributed by atoms with Gasteiger partial charge in [-0.3, -0.25) is 4.21 Å². The molecule has 1 aromatic carbocycles. The highest BCUT2D eigenvalue weighted by atomic mass is 32.2. The van der Waals surface area contributed by atoms with Crippen LogP contribution in [0.4, 0.5) is 0 Å². The topological polar surface area (TPSA) is 29.1 Å². The van der Waals surface area contributed by atoms with Gasteiger partial charge in [0.25, 0.3) is 0 Å². The number of rotatable bonds is 8. The van der Waals surface area contributed by atoms with Crippen molar-refractivity contribution >= 4 is 10.8 Å². The Hall–Kier alpha value is -0.670. The fourth-order valence-electron chi connectivity index (χ4n) is 2.31. The van der Waals surface area contributed by atoms with Gasteiger partial charge in [-0.25, -0.2) is 0 Å². The third-order valence-corrected chi connectivity index (χ3v) is 5.44. The van der Waals surface area contributed by atoms with Crippen molar-refractivity contribution in [3.05, 3.63) is 35.9 Å². The summed E-state index contributed by atoms with van der Waals surface area (Å²) in [6.45, 7) is 9.34. The first kappa shape index (κ1) is 16.4. The Kier molecular flexibility index (Phi) is 7.32. The average Bonchev–Trinajstić information content (AvgIpc) is 2.43. The molecular formula is C16H27NOS. The van der Waals surface area contributed by atoms with Gasteiger partial charge < -0.3 is 5.32 Å². The second-order valence-corrected chi connectivity index (χ2v) is 7.37. The van der Waals surface area contributed by atoms with Gasteiger partial charge in [-0.1, -0.05) is 58.0 Å². The molecule has 1 rings (SSSR count). The van der Waals surface area contributed by atoms with Crippen molar-refractivity contribution in [2.24, 2.45) is 0 Å². The number of benzene rings is 1. The highest BCUT2D eigenvalue weighted by molar-refractivity contribution is 7.86. The van der Waals surface area contributed by atoms with E-state index in [0.717, 1.165) is 19.4 Å². The molecule has 19 heavy (non-hydrogen) atoms. The molecule has 3 atom stereocenters. The lowest BCUT2D eigenvalue weighted by Crippen LogP contribution is -2.37. The van der Waals surface area contributed by atoms with Crippen LogP contribution in [0.2, 0.25) is 0 Å². The van der Waals surface area contributed by atoms with E-state index in [4.69, 9.17) is 0 Å². The van der Waals surface area contributed by atoms with Crippen LogP contribution in [0.25, 0.3) is 0 Å². The van der Waals surface area contributed by atoms with E-state index in [1.807, 2.05) is 19.9 Å². The van der Waals surface area contributed by atoms with Crippen LogP contribution in [-0.4, -0.2) is 21.3 Å². The Morgan fingerprint density at radius 2 is 1.79 bits per heavy atom. The monoisotopic (exact) mass is 281 g/mol. The maximum absolute atomic E-state index is 12.5. The van der Waals surface area contributed by atoms with Gasteiger partial charge in [0.15, 0.2) is 0 Å². The molecule has 0 spiro atoms. The van der Waals surface area contributed by atoms with Crippen LogP contribution in [-0.2, 0) is 10.8 Å². The first-order valence-corrected chi connectivity index (χ1v) is 8.57. The van der Waals surface area contributed by atoms with Gasteiger partial charge in [-0.05, 0) is 24.9 Å². The largest absolute Gasteiger partial charge is 0.309 e. The summed E-state index contributed by atoms with van der Waals surface area (Å²) in [5.74, 6) is 0. The maximum atomic E-state index is 12.5. The normalized spacial score (nSPS) is 16.3. The van der Waals surface area contributed by atoms with Gasteiger partial charge in [-0.2, -0.15) is 0 Å². The summed E-state index contributed by atoms with van der Waals surface area (Å²) in [4.78, 5) is 0. The molecule has 0 aliphatic carbocycles. The Balaban J connectivity index is 2.97. The van der Waals surface area contributed by atoms with Gasteiger partial charge in [0.2, 0.25) is 0 Å². The fraction of sp³-hybridized carbons (Fsp3) is 0.625. The molecular weight excluding hydrogens is 254 g/mol. The third-order valence-electron chi connectivity index (χ3n) is 3.31. The van der Waals surface area contributed by atoms with Crippen LogP contribution in [0.3, 0.4) is 0 Å². The van der Waals surface area contributed by atoms with Crippen molar-refractivity contribution in [3.63, 3.8) is 0 Å². The van der Waals surface area contributed by atoms with Crippen molar-refractivity contribution in [2.75, 3.05) is 6.54 Å². The van der Waals surface area contributed by atoms with Crippen molar-refractivity contribution in [1.29, 1.82) is 0 Å². The number of hydrogen-bond donors (Lipinski definition) is 1. The molecule has 2 nitrogen and oxygen atoms in total. The summed E-state index contributed by atoms with van der Waals surface area (Å²) in [7, 11) is -0.806. The highest BCUT2D eigenvalue weighted by Gasteiger charge is 2.27. The summed E-state index contributed by atoms with van der Waals surface area (Å²) in [6.07, 6.45) is 2.02. The Bertz CT molecular complexity index is 378. The molecule has 0 aromatic heterocycles. The van der Waals surface area contributed by atoms with E-state index in [0.29, 0.717) is 0 Å². The van der Waals surface area contributed by atoms with Crippen LogP contribution < -0.4 is 5.32 Å². The van der Waals surface area contributed by atoms with Crippen molar-refractivity contribution in [3.8, 4) is 0 Å². The quantitative estimate of drug-likeness (QED) is 0.788. The zero-order valence-corrected chi connectivity index (χ0v) is 13.4. The Morgan fingerprint density at radius 1 is 1.16 bits per heavy atom. The smallest absolute Gasteiger partial charge is 0.0542 e. The lowest BCUT2D eigenvalue weighted by atomic mass is 10.0. The van der Waals surface area contributed by atoms with E-state index in [1.165, 1.54) is 5.56 Å². The van der Waals surface area contributed by atoms with Gasteiger partial charge in [0, 0.05) is 22.1 Å². The van der Waals surface area contributed by atoms with Crippen LogP contribution >= 0.6 is 0 Å². The molecule has 0 saturated carbocycles. The van der Waals surface area contributed by atoms with E-state index in [2.05, 4.69) is 43.4 Å². The zero-order chi connectivity index (χ0) is 14.3. The standard InChI is InChI=1S/C16H27NOS/c1-5-12-17-16(14-10-8-7-9-11-14)15(6-2)19(18)13(3)4/h7-11,13,15-17H,5-6,12H2,1-4H3. The second kappa shape index (κ2) is 8.49. The number of hydrogen-bond acceptors (Lipinski definition) is 2. The zero-order valence-electron chi connectivity index (χ0n) is 12.6. The number of nitrogens with one attached hydrogen (secondary N) is 1. The molecule has 0 aliphatic rings. The second-order valence-electron chi connectivity index (χ2n) is 5.17. The Labute approximate surface area is 120 Å². The van der Waals surface area contributed by atoms with E-state index in [9.17, 15) is 4.21 Å². The molecule has 3 unspecified atom stereocenters. The first-order chi connectivity index (χ1) is 9.11. The van der Waals surface area contributed by atoms with Gasteiger partial charge in [-0.15, -0.1) is 0 Å². The summed E-state index contributed by atoms with van der Waals surface area (Å²) >= 11 is 0. The minimum Gasteiger partial charge on any atom is -0.309 e. The lowest BCUT2D eigenvalue weighted by Gasteiger charge is -2.28. The Morgan fingerprint density at radius 3 is 2.26 bits per heavy atom. The summed E-state index contributed by atoms with van der Waals surface area (Å²) in [5, 5.41) is 3.96. The maximum Gasteiger partial charge on any atom is 0.0542 e. The highest BCUT2D eigenvalue weighted by Crippen LogP contribution is 2.25. The van der Waals surface area contributed by atoms with E-state index in [1.54, 1.807) is 0 Å². The summed E-state index contributed by atoms with van der Waals surface area (Å²) in [5.41, 5.74) is 1.25. The summed E-state index contributed by atoms with van der Waals surface area (Å²) in [6, 6.07) is 10.6. The van der Waals surface area contributed by atoms with Crippen molar-refractivity contribution in [1.82, 2.24) is 5.32 Å². The molecule has 0 saturated heterocycles. The molecule has 108 valence electrons. The molecule has 0 fully saturated rings. The van der Waals surface area contributed by atoms with Crippen LogP contribution in [0.1, 0.15) is 52.1 Å². The van der Waals surface area contributed by atoms with E-state index in [-0.39, 0.29) is 16.5 Å². The third kappa shape index (κ3) is 4.73. The molecule has 1 N–H and O–H groups in total. The van der Waals surface area contributed by atoms with Gasteiger partial charge in [0.1, 0.15) is 0 Å². The predicted molar refractivity (Wildman–Crippen MR) is 84.8 cm³/mol. The SMILES string of the molecule is CCCNC(c1ccccc1)C(CC)S(=O)C(C)C. The molecule has 0 bridgehead atoms. The minimum absolute atomic E-state index is 0.175. The van der Waals surface area contributed by atoms with Gasteiger partial charge >= 0.3 is 0 Å². The summed E-state index contributed by atoms with van der Waals surface area (Å²) < 4.78 is 12.5. The predicted octanol–water partition coefficient (Wildman–Crippen LogP) is 3.66. The van der Waals surface area contributed by atoms with Crippen molar-refractivity contribution < 1.29 is 4.21 Å². The first-order valence-electron chi connectivity index (χ1n) is 7.29. The average molecular weight is 281 g/mol. The van der Waals surface area contributed by atoms with E-state index < -0.39 is 10.8 Å². The molecule has 0 amide bonds. The molecule has 0 heterocycles. The van der Waals surface area contributed by atoms with E-state index >= 15 is 0 Å². The fourth-order valence-corrected chi connectivity index (χ4v) is 3.86. The lowest BCUT2D eigenvalue weighted by molar-refractivity contribution is 0.493. The molecule has 0 aliphatic heterocycles. The molecule has 0 radical (unpaired) electrons. The van der Waals surface area contributed by atoms with Crippen LogP contribution in [0.15, 0.2) is 30.3 Å². The molecule has 1 aromatic rings. The molecule has 3 heteroatoms. The minimum atomic E-state index is -0.806.